The van der Waals surface area contributed by atoms with Crippen LogP contribution < -0.4 is 16.4 Å². The van der Waals surface area contributed by atoms with Crippen molar-refractivity contribution in [3.8, 4) is 11.3 Å². The number of carbonyl (C=O) groups is 1. The van der Waals surface area contributed by atoms with Crippen molar-refractivity contribution in [2.45, 2.75) is 20.8 Å². The van der Waals surface area contributed by atoms with E-state index in [4.69, 9.17) is 5.73 Å². The van der Waals surface area contributed by atoms with Gasteiger partial charge in [-0.25, -0.2) is 9.78 Å². The van der Waals surface area contributed by atoms with E-state index in [-0.39, 0.29) is 6.03 Å². The zero-order valence-electron chi connectivity index (χ0n) is 14.8. The summed E-state index contributed by atoms with van der Waals surface area (Å²) in [6, 6.07) is 7.06. The van der Waals surface area contributed by atoms with Crippen molar-refractivity contribution >= 4 is 17.7 Å². The van der Waals surface area contributed by atoms with E-state index in [1.54, 1.807) is 36.6 Å². The van der Waals surface area contributed by atoms with E-state index < -0.39 is 0 Å². The van der Waals surface area contributed by atoms with Crippen LogP contribution in [0.4, 0.5) is 16.4 Å². The quantitative estimate of drug-likeness (QED) is 0.606. The maximum absolute atomic E-state index is 12.0. The lowest BCUT2D eigenvalue weighted by Gasteiger charge is -2.09. The lowest BCUT2D eigenvalue weighted by Crippen LogP contribution is -2.27. The van der Waals surface area contributed by atoms with Crippen LogP contribution in [0.1, 0.15) is 20.8 Å². The number of aromatic amines is 1. The fraction of sp³-hybridized carbons (Fsp3) is 0.158. The van der Waals surface area contributed by atoms with Crippen LogP contribution in [0.25, 0.3) is 11.3 Å². The number of hydrogen-bond donors (Lipinski definition) is 4. The summed E-state index contributed by atoms with van der Waals surface area (Å²) in [4.78, 5) is 18.9. The summed E-state index contributed by atoms with van der Waals surface area (Å²) in [7, 11) is 0. The van der Waals surface area contributed by atoms with Crippen LogP contribution in [0.5, 0.6) is 0 Å². The topological polar surface area (TPSA) is 95.8 Å². The van der Waals surface area contributed by atoms with Gasteiger partial charge in [0.25, 0.3) is 0 Å². The number of benzene rings is 1. The highest BCUT2D eigenvalue weighted by Gasteiger charge is 2.05. The average molecular weight is 339 g/mol. The van der Waals surface area contributed by atoms with Crippen molar-refractivity contribution in [3.63, 3.8) is 0 Å². The Labute approximate surface area is 148 Å². The Hall–Kier alpha value is -3.28. The van der Waals surface area contributed by atoms with Gasteiger partial charge in [0.15, 0.2) is 5.95 Å². The van der Waals surface area contributed by atoms with Crippen LogP contribution >= 0.6 is 0 Å². The van der Waals surface area contributed by atoms with Gasteiger partial charge in [0.1, 0.15) is 0 Å². The van der Waals surface area contributed by atoms with Gasteiger partial charge < -0.3 is 21.4 Å². The lowest BCUT2D eigenvalue weighted by molar-refractivity contribution is 0.254. The highest BCUT2D eigenvalue weighted by molar-refractivity contribution is 5.91. The number of nitrogen functional groups attached to an aromatic ring is 1. The number of imidazole rings is 1. The predicted octanol–water partition coefficient (Wildman–Crippen LogP) is 4.45. The molecule has 1 aromatic carbocycles. The van der Waals surface area contributed by atoms with Crippen molar-refractivity contribution in [1.29, 1.82) is 0 Å². The SMILES string of the molecule is C=C/C=C\C(=C/C)NC(=O)Nc1cccc(-c2cnc(N)[nH]2)c1.CC. The Kier molecular flexibility index (Phi) is 8.29. The van der Waals surface area contributed by atoms with Gasteiger partial charge in [0.2, 0.25) is 0 Å². The molecule has 25 heavy (non-hydrogen) atoms. The van der Waals surface area contributed by atoms with Crippen LogP contribution in [0.15, 0.2) is 67.0 Å². The third kappa shape index (κ3) is 6.39. The number of hydrogen-bond acceptors (Lipinski definition) is 3. The Bertz CT molecular complexity index is 759. The van der Waals surface area contributed by atoms with Crippen LogP contribution in [-0.2, 0) is 0 Å². The maximum atomic E-state index is 12.0. The van der Waals surface area contributed by atoms with Gasteiger partial charge in [0.05, 0.1) is 11.9 Å². The number of amides is 2. The molecule has 2 amide bonds. The van der Waals surface area contributed by atoms with Gasteiger partial charge in [-0.1, -0.05) is 50.8 Å². The number of allylic oxidation sites excluding steroid dienone is 4. The number of nitrogens with two attached hydrogens (primary N) is 1. The van der Waals surface area contributed by atoms with Gasteiger partial charge in [-0.15, -0.1) is 0 Å². The summed E-state index contributed by atoms with van der Waals surface area (Å²) < 4.78 is 0. The summed E-state index contributed by atoms with van der Waals surface area (Å²) in [5, 5.41) is 5.53. The molecule has 2 rings (SSSR count). The molecular formula is C19H25N5O. The molecule has 6 heteroatoms. The first-order chi connectivity index (χ1) is 12.1. The first kappa shape index (κ1) is 19.8. The molecule has 0 aliphatic heterocycles. The second-order valence-electron chi connectivity index (χ2n) is 4.68. The molecule has 132 valence electrons. The van der Waals surface area contributed by atoms with Crippen molar-refractivity contribution in [2.24, 2.45) is 0 Å². The minimum absolute atomic E-state index is 0.326. The molecule has 5 N–H and O–H groups in total. The molecule has 2 aromatic rings. The fourth-order valence-corrected chi connectivity index (χ4v) is 1.92. The molecule has 1 heterocycles. The van der Waals surface area contributed by atoms with Gasteiger partial charge in [-0.2, -0.15) is 0 Å². The summed E-state index contributed by atoms with van der Waals surface area (Å²) >= 11 is 0. The molecule has 0 spiro atoms. The van der Waals surface area contributed by atoms with E-state index in [9.17, 15) is 4.79 Å². The molecule has 0 unspecified atom stereocenters. The van der Waals surface area contributed by atoms with E-state index in [0.29, 0.717) is 17.3 Å². The van der Waals surface area contributed by atoms with Gasteiger partial charge >= 0.3 is 6.03 Å². The molecule has 0 radical (unpaired) electrons. The van der Waals surface area contributed by atoms with E-state index in [1.165, 1.54) is 0 Å². The summed E-state index contributed by atoms with van der Waals surface area (Å²) in [6.07, 6.45) is 8.59. The summed E-state index contributed by atoms with van der Waals surface area (Å²) in [5.74, 6) is 0.350. The smallest absolute Gasteiger partial charge is 0.323 e. The molecule has 6 nitrogen and oxygen atoms in total. The molecular weight excluding hydrogens is 314 g/mol. The normalized spacial score (nSPS) is 10.8. The minimum atomic E-state index is -0.326. The Morgan fingerprint density at radius 3 is 2.72 bits per heavy atom. The number of nitrogens with one attached hydrogen (secondary N) is 3. The van der Waals surface area contributed by atoms with Crippen LogP contribution in [0.2, 0.25) is 0 Å². The third-order valence-corrected chi connectivity index (χ3v) is 3.01. The third-order valence-electron chi connectivity index (χ3n) is 3.01. The van der Waals surface area contributed by atoms with Crippen molar-refractivity contribution in [2.75, 3.05) is 11.1 Å². The lowest BCUT2D eigenvalue weighted by atomic mass is 10.1. The number of nitrogens with zero attached hydrogens (tertiary/aromatic N) is 1. The van der Waals surface area contributed by atoms with Crippen molar-refractivity contribution < 1.29 is 4.79 Å². The zero-order chi connectivity index (χ0) is 18.7. The maximum Gasteiger partial charge on any atom is 0.323 e. The van der Waals surface area contributed by atoms with Crippen molar-refractivity contribution in [3.05, 3.63) is 67.0 Å². The zero-order valence-corrected chi connectivity index (χ0v) is 14.8. The van der Waals surface area contributed by atoms with Crippen molar-refractivity contribution in [1.82, 2.24) is 15.3 Å². The van der Waals surface area contributed by atoms with Gasteiger partial charge in [-0.05, 0) is 25.1 Å². The molecule has 0 aliphatic rings. The highest BCUT2D eigenvalue weighted by Crippen LogP contribution is 2.21. The standard InChI is InChI=1S/C17H19N5O.C2H6/c1-3-5-8-13(4-2)20-17(23)21-14-9-6-7-12(10-14)15-11-19-16(18)22-15;1-2/h3-11H,1H2,2H3,(H3,18,19,22)(H2,20,21,23);1-2H3/b8-5-,13-4+;. The number of rotatable bonds is 5. The molecule has 0 aliphatic carbocycles. The van der Waals surface area contributed by atoms with E-state index in [2.05, 4.69) is 27.2 Å². The molecule has 0 atom stereocenters. The molecule has 0 bridgehead atoms. The van der Waals surface area contributed by atoms with E-state index in [0.717, 1.165) is 11.3 Å². The molecule has 0 fully saturated rings. The van der Waals surface area contributed by atoms with E-state index in [1.807, 2.05) is 39.0 Å². The number of carbonyl (C=O) groups excluding carboxylic acids is 1. The van der Waals surface area contributed by atoms with E-state index >= 15 is 0 Å². The number of aromatic nitrogens is 2. The average Bonchev–Trinajstić information content (AvgIpc) is 3.07. The molecule has 0 saturated carbocycles. The molecule has 1 aromatic heterocycles. The largest absolute Gasteiger partial charge is 0.369 e. The first-order valence-electron chi connectivity index (χ1n) is 8.06. The summed E-state index contributed by atoms with van der Waals surface area (Å²) in [6.45, 7) is 9.43. The second-order valence-corrected chi connectivity index (χ2v) is 4.68. The highest BCUT2D eigenvalue weighted by atomic mass is 16.2. The number of urea groups is 1. The Morgan fingerprint density at radius 2 is 2.12 bits per heavy atom. The van der Waals surface area contributed by atoms with Gasteiger partial charge in [-0.3, -0.25) is 0 Å². The number of anilines is 2. The minimum Gasteiger partial charge on any atom is -0.369 e. The first-order valence-corrected chi connectivity index (χ1v) is 8.06. The molecule has 0 saturated heterocycles. The second kappa shape index (κ2) is 10.5. The van der Waals surface area contributed by atoms with Crippen LogP contribution in [0.3, 0.4) is 0 Å². The van der Waals surface area contributed by atoms with Gasteiger partial charge in [0, 0.05) is 16.9 Å². The predicted molar refractivity (Wildman–Crippen MR) is 105 cm³/mol. The van der Waals surface area contributed by atoms with Crippen LogP contribution in [0, 0.1) is 0 Å². The Morgan fingerprint density at radius 1 is 1.36 bits per heavy atom. The Balaban J connectivity index is 0.00000151. The fourth-order valence-electron chi connectivity index (χ4n) is 1.92. The van der Waals surface area contributed by atoms with Crippen LogP contribution in [-0.4, -0.2) is 16.0 Å². The summed E-state index contributed by atoms with van der Waals surface area (Å²) in [5.41, 5.74) is 8.59. The number of H-pyrrole nitrogens is 1. The monoisotopic (exact) mass is 339 g/mol.